The number of thiazole rings is 1. The lowest BCUT2D eigenvalue weighted by molar-refractivity contribution is 0.0686. The fourth-order valence-electron chi connectivity index (χ4n) is 1.73. The summed E-state index contributed by atoms with van der Waals surface area (Å²) in [5.74, 6) is -2.13. The van der Waals surface area contributed by atoms with Crippen LogP contribution in [0.4, 0.5) is 4.39 Å². The molecule has 0 aliphatic carbocycles. The van der Waals surface area contributed by atoms with E-state index < -0.39 is 17.3 Å². The molecule has 0 saturated heterocycles. The highest BCUT2D eigenvalue weighted by molar-refractivity contribution is 7.09. The van der Waals surface area contributed by atoms with Gasteiger partial charge in [0, 0.05) is 5.38 Å². The highest BCUT2D eigenvalue weighted by Crippen LogP contribution is 2.23. The van der Waals surface area contributed by atoms with E-state index in [1.807, 2.05) is 5.38 Å². The molecule has 1 aromatic heterocycles. The third kappa shape index (κ3) is 3.33. The number of benzene rings is 1. The predicted molar refractivity (Wildman–Crippen MR) is 73.8 cm³/mol. The second-order valence-electron chi connectivity index (χ2n) is 4.19. The number of carboxylic acid groups (broad SMARTS) is 1. The van der Waals surface area contributed by atoms with Crippen molar-refractivity contribution in [2.24, 2.45) is 0 Å². The van der Waals surface area contributed by atoms with E-state index in [-0.39, 0.29) is 12.4 Å². The van der Waals surface area contributed by atoms with Gasteiger partial charge in [-0.15, -0.1) is 11.3 Å². The summed E-state index contributed by atoms with van der Waals surface area (Å²) in [7, 11) is 0. The van der Waals surface area contributed by atoms with Gasteiger partial charge in [-0.25, -0.2) is 14.2 Å². The minimum atomic E-state index is -1.34. The minimum Gasteiger partial charge on any atom is -0.486 e. The molecule has 0 saturated carbocycles. The third-order valence-electron chi connectivity index (χ3n) is 2.63. The Kier molecular flexibility index (Phi) is 4.68. The monoisotopic (exact) mass is 295 g/mol. The molecule has 20 heavy (non-hydrogen) atoms. The van der Waals surface area contributed by atoms with Crippen molar-refractivity contribution in [3.05, 3.63) is 45.7 Å². The van der Waals surface area contributed by atoms with Gasteiger partial charge in [0.15, 0.2) is 0 Å². The van der Waals surface area contributed by atoms with Gasteiger partial charge in [0.2, 0.25) is 0 Å². The number of nitrogens with zero attached hydrogens (tertiary/aromatic N) is 1. The zero-order valence-corrected chi connectivity index (χ0v) is 11.7. The van der Waals surface area contributed by atoms with Gasteiger partial charge in [0.1, 0.15) is 23.7 Å². The van der Waals surface area contributed by atoms with Crippen LogP contribution in [-0.2, 0) is 13.0 Å². The van der Waals surface area contributed by atoms with Crippen molar-refractivity contribution in [3.63, 3.8) is 0 Å². The lowest BCUT2D eigenvalue weighted by atomic mass is 10.2. The quantitative estimate of drug-likeness (QED) is 0.886. The number of rotatable bonds is 6. The van der Waals surface area contributed by atoms with Crippen LogP contribution < -0.4 is 4.74 Å². The molecule has 0 fully saturated rings. The summed E-state index contributed by atoms with van der Waals surface area (Å²) in [6.45, 7) is 2.20. The maximum absolute atomic E-state index is 13.5. The zero-order chi connectivity index (χ0) is 14.5. The SMILES string of the molecule is CCCc1nc(COc2cccc(F)c2C(=O)O)cs1. The van der Waals surface area contributed by atoms with Crippen molar-refractivity contribution >= 4 is 17.3 Å². The van der Waals surface area contributed by atoms with Crippen LogP contribution in [0.2, 0.25) is 0 Å². The van der Waals surface area contributed by atoms with E-state index in [0.717, 1.165) is 29.6 Å². The summed E-state index contributed by atoms with van der Waals surface area (Å²) in [4.78, 5) is 15.4. The first-order valence-electron chi connectivity index (χ1n) is 6.19. The van der Waals surface area contributed by atoms with Crippen molar-refractivity contribution < 1.29 is 19.0 Å². The summed E-state index contributed by atoms with van der Waals surface area (Å²) in [6, 6.07) is 3.95. The lowest BCUT2D eigenvalue weighted by Gasteiger charge is -2.08. The molecule has 1 aromatic carbocycles. The van der Waals surface area contributed by atoms with Crippen LogP contribution in [0.25, 0.3) is 0 Å². The number of carbonyl (C=O) groups is 1. The van der Waals surface area contributed by atoms with Gasteiger partial charge in [0.05, 0.1) is 10.7 Å². The molecule has 106 valence electrons. The Hall–Kier alpha value is -1.95. The molecule has 6 heteroatoms. The maximum atomic E-state index is 13.5. The molecule has 2 rings (SSSR count). The molecule has 2 aromatic rings. The van der Waals surface area contributed by atoms with Crippen LogP contribution in [0.1, 0.15) is 34.4 Å². The first-order chi connectivity index (χ1) is 9.61. The fourth-order valence-corrected chi connectivity index (χ4v) is 2.61. The number of aromatic carboxylic acids is 1. The van der Waals surface area contributed by atoms with Crippen molar-refractivity contribution in [1.82, 2.24) is 4.98 Å². The van der Waals surface area contributed by atoms with Crippen LogP contribution >= 0.6 is 11.3 Å². The minimum absolute atomic E-state index is 0.0162. The van der Waals surface area contributed by atoms with Crippen LogP contribution in [-0.4, -0.2) is 16.1 Å². The molecule has 0 unspecified atom stereocenters. The molecule has 0 bridgehead atoms. The van der Waals surface area contributed by atoms with E-state index in [9.17, 15) is 9.18 Å². The van der Waals surface area contributed by atoms with Gasteiger partial charge >= 0.3 is 5.97 Å². The average molecular weight is 295 g/mol. The van der Waals surface area contributed by atoms with E-state index in [0.29, 0.717) is 0 Å². The zero-order valence-electron chi connectivity index (χ0n) is 10.9. The Morgan fingerprint density at radius 1 is 1.50 bits per heavy atom. The maximum Gasteiger partial charge on any atom is 0.342 e. The fraction of sp³-hybridized carbons (Fsp3) is 0.286. The summed E-state index contributed by atoms with van der Waals surface area (Å²) in [6.07, 6.45) is 1.92. The third-order valence-corrected chi connectivity index (χ3v) is 3.59. The highest BCUT2D eigenvalue weighted by atomic mass is 32.1. The molecule has 1 N–H and O–H groups in total. The Morgan fingerprint density at radius 2 is 2.30 bits per heavy atom. The van der Waals surface area contributed by atoms with Gasteiger partial charge in [-0.05, 0) is 25.0 Å². The number of aromatic nitrogens is 1. The first kappa shape index (κ1) is 14.5. The van der Waals surface area contributed by atoms with Gasteiger partial charge in [-0.3, -0.25) is 0 Å². The molecular formula is C14H14FNO3S. The number of hydrogen-bond donors (Lipinski definition) is 1. The van der Waals surface area contributed by atoms with Crippen LogP contribution in [0.15, 0.2) is 23.6 Å². The van der Waals surface area contributed by atoms with Gasteiger partial charge < -0.3 is 9.84 Å². The normalized spacial score (nSPS) is 10.5. The second kappa shape index (κ2) is 6.47. The molecule has 0 atom stereocenters. The van der Waals surface area contributed by atoms with E-state index in [4.69, 9.17) is 9.84 Å². The molecule has 0 spiro atoms. The molecule has 0 radical (unpaired) electrons. The Morgan fingerprint density at radius 3 is 3.00 bits per heavy atom. The number of ether oxygens (including phenoxy) is 1. The largest absolute Gasteiger partial charge is 0.486 e. The summed E-state index contributed by atoms with van der Waals surface area (Å²) in [5, 5.41) is 11.9. The average Bonchev–Trinajstić information content (AvgIpc) is 2.84. The van der Waals surface area contributed by atoms with E-state index in [1.165, 1.54) is 12.1 Å². The van der Waals surface area contributed by atoms with E-state index >= 15 is 0 Å². The molecule has 4 nitrogen and oxygen atoms in total. The molecule has 0 aliphatic heterocycles. The number of halogens is 1. The van der Waals surface area contributed by atoms with Crippen molar-refractivity contribution in [1.29, 1.82) is 0 Å². The predicted octanol–water partition coefficient (Wildman–Crippen LogP) is 3.51. The summed E-state index contributed by atoms with van der Waals surface area (Å²) < 4.78 is 18.8. The van der Waals surface area contributed by atoms with Crippen LogP contribution in [0.3, 0.4) is 0 Å². The van der Waals surface area contributed by atoms with Gasteiger partial charge in [0.25, 0.3) is 0 Å². The van der Waals surface area contributed by atoms with Gasteiger partial charge in [-0.1, -0.05) is 13.0 Å². The topological polar surface area (TPSA) is 59.4 Å². The number of hydrogen-bond acceptors (Lipinski definition) is 4. The standard InChI is InChI=1S/C14H14FNO3S/c1-2-4-12-16-9(8-20-12)7-19-11-6-3-5-10(15)13(11)14(17)18/h3,5-6,8H,2,4,7H2,1H3,(H,17,18). The van der Waals surface area contributed by atoms with E-state index in [1.54, 1.807) is 11.3 Å². The molecular weight excluding hydrogens is 281 g/mol. The first-order valence-corrected chi connectivity index (χ1v) is 7.07. The Balaban J connectivity index is 2.10. The lowest BCUT2D eigenvalue weighted by Crippen LogP contribution is -2.06. The Bertz CT molecular complexity index is 612. The molecule has 0 amide bonds. The van der Waals surface area contributed by atoms with Gasteiger partial charge in [-0.2, -0.15) is 0 Å². The summed E-state index contributed by atoms with van der Waals surface area (Å²) >= 11 is 1.54. The van der Waals surface area contributed by atoms with Crippen molar-refractivity contribution in [3.8, 4) is 5.75 Å². The van der Waals surface area contributed by atoms with Crippen LogP contribution in [0, 0.1) is 5.82 Å². The van der Waals surface area contributed by atoms with Crippen molar-refractivity contribution in [2.45, 2.75) is 26.4 Å². The van der Waals surface area contributed by atoms with Crippen molar-refractivity contribution in [2.75, 3.05) is 0 Å². The highest BCUT2D eigenvalue weighted by Gasteiger charge is 2.17. The second-order valence-corrected chi connectivity index (χ2v) is 5.13. The van der Waals surface area contributed by atoms with E-state index in [2.05, 4.69) is 11.9 Å². The molecule has 0 aliphatic rings. The molecule has 1 heterocycles. The number of carboxylic acids is 1. The Labute approximate surface area is 119 Å². The van der Waals surface area contributed by atoms with Crippen LogP contribution in [0.5, 0.6) is 5.75 Å². The summed E-state index contributed by atoms with van der Waals surface area (Å²) in [5.41, 5.74) is 0.274. The number of aryl methyl sites for hydroxylation is 1. The smallest absolute Gasteiger partial charge is 0.342 e.